The molecule has 1 aliphatic carbocycles. The Hall–Kier alpha value is -0.0800. The summed E-state index contributed by atoms with van der Waals surface area (Å²) >= 11 is 0. The molecule has 1 fully saturated rings. The molecule has 0 aromatic rings. The third kappa shape index (κ3) is 1.99. The van der Waals surface area contributed by atoms with Gasteiger partial charge in [0, 0.05) is 6.04 Å². The van der Waals surface area contributed by atoms with Crippen molar-refractivity contribution in [2.75, 3.05) is 13.6 Å². The van der Waals surface area contributed by atoms with Gasteiger partial charge in [0.1, 0.15) is 0 Å². The Morgan fingerprint density at radius 2 is 2.00 bits per heavy atom. The smallest absolute Gasteiger partial charge is 0.0132 e. The summed E-state index contributed by atoms with van der Waals surface area (Å²) in [5.41, 5.74) is 5.75. The SMILES string of the molecule is CCC1CCCC(CN)C1NC. The van der Waals surface area contributed by atoms with E-state index < -0.39 is 0 Å². The van der Waals surface area contributed by atoms with Crippen molar-refractivity contribution in [1.82, 2.24) is 5.32 Å². The van der Waals surface area contributed by atoms with Crippen molar-refractivity contribution in [1.29, 1.82) is 0 Å². The van der Waals surface area contributed by atoms with Crippen LogP contribution in [0.4, 0.5) is 0 Å². The van der Waals surface area contributed by atoms with Crippen LogP contribution >= 0.6 is 0 Å². The summed E-state index contributed by atoms with van der Waals surface area (Å²) in [6.45, 7) is 3.13. The molecule has 0 aromatic heterocycles. The fourth-order valence-corrected chi connectivity index (χ4v) is 2.58. The zero-order valence-electron chi connectivity index (χ0n) is 8.34. The number of nitrogens with one attached hydrogen (secondary N) is 1. The van der Waals surface area contributed by atoms with Gasteiger partial charge in [-0.05, 0) is 38.3 Å². The first-order valence-electron chi connectivity index (χ1n) is 5.20. The summed E-state index contributed by atoms with van der Waals surface area (Å²) in [5, 5.41) is 3.43. The van der Waals surface area contributed by atoms with E-state index in [4.69, 9.17) is 5.73 Å². The van der Waals surface area contributed by atoms with Crippen LogP contribution in [0.2, 0.25) is 0 Å². The highest BCUT2D eigenvalue weighted by atomic mass is 14.9. The first kappa shape index (κ1) is 10.0. The van der Waals surface area contributed by atoms with Gasteiger partial charge in [-0.1, -0.05) is 19.8 Å². The molecular formula is C10H22N2. The Kier molecular flexibility index (Phi) is 4.02. The van der Waals surface area contributed by atoms with Crippen molar-refractivity contribution in [3.8, 4) is 0 Å². The molecule has 0 spiro atoms. The largest absolute Gasteiger partial charge is 0.330 e. The van der Waals surface area contributed by atoms with Gasteiger partial charge in [-0.2, -0.15) is 0 Å². The van der Waals surface area contributed by atoms with E-state index in [-0.39, 0.29) is 0 Å². The molecule has 1 rings (SSSR count). The molecule has 0 heterocycles. The zero-order valence-corrected chi connectivity index (χ0v) is 8.34. The zero-order chi connectivity index (χ0) is 8.97. The van der Waals surface area contributed by atoms with Gasteiger partial charge in [0.15, 0.2) is 0 Å². The molecule has 1 aliphatic rings. The van der Waals surface area contributed by atoms with E-state index in [0.717, 1.165) is 12.5 Å². The Morgan fingerprint density at radius 3 is 2.50 bits per heavy atom. The molecule has 2 nitrogen and oxygen atoms in total. The van der Waals surface area contributed by atoms with E-state index in [9.17, 15) is 0 Å². The Labute approximate surface area is 75.9 Å². The highest BCUT2D eigenvalue weighted by Gasteiger charge is 2.29. The Bertz CT molecular complexity index is 113. The third-order valence-corrected chi connectivity index (χ3v) is 3.33. The minimum atomic E-state index is 0.675. The topological polar surface area (TPSA) is 38.0 Å². The molecule has 3 atom stereocenters. The predicted molar refractivity (Wildman–Crippen MR) is 53.0 cm³/mol. The van der Waals surface area contributed by atoms with Crippen molar-refractivity contribution >= 4 is 0 Å². The molecule has 0 radical (unpaired) electrons. The number of rotatable bonds is 3. The monoisotopic (exact) mass is 170 g/mol. The minimum absolute atomic E-state index is 0.675. The van der Waals surface area contributed by atoms with E-state index in [1.165, 1.54) is 25.7 Å². The fraction of sp³-hybridized carbons (Fsp3) is 1.00. The molecule has 72 valence electrons. The Balaban J connectivity index is 2.52. The second-order valence-corrected chi connectivity index (χ2v) is 3.91. The van der Waals surface area contributed by atoms with Crippen LogP contribution in [0.1, 0.15) is 32.6 Å². The van der Waals surface area contributed by atoms with Gasteiger partial charge >= 0.3 is 0 Å². The lowest BCUT2D eigenvalue weighted by atomic mass is 9.76. The highest BCUT2D eigenvalue weighted by Crippen LogP contribution is 2.30. The predicted octanol–water partition coefficient (Wildman–Crippen LogP) is 1.36. The average molecular weight is 170 g/mol. The van der Waals surface area contributed by atoms with Gasteiger partial charge in [0.05, 0.1) is 0 Å². The summed E-state index contributed by atoms with van der Waals surface area (Å²) in [4.78, 5) is 0. The van der Waals surface area contributed by atoms with Crippen molar-refractivity contribution in [3.05, 3.63) is 0 Å². The summed E-state index contributed by atoms with van der Waals surface area (Å²) in [6.07, 6.45) is 5.37. The van der Waals surface area contributed by atoms with Crippen LogP contribution < -0.4 is 11.1 Å². The molecule has 1 saturated carbocycles. The average Bonchev–Trinajstić information content (AvgIpc) is 2.16. The van der Waals surface area contributed by atoms with Crippen LogP contribution in [-0.4, -0.2) is 19.6 Å². The van der Waals surface area contributed by atoms with E-state index in [1.54, 1.807) is 0 Å². The summed E-state index contributed by atoms with van der Waals surface area (Å²) in [5.74, 6) is 1.57. The summed E-state index contributed by atoms with van der Waals surface area (Å²) < 4.78 is 0. The van der Waals surface area contributed by atoms with Crippen molar-refractivity contribution in [2.24, 2.45) is 17.6 Å². The summed E-state index contributed by atoms with van der Waals surface area (Å²) in [7, 11) is 2.07. The van der Waals surface area contributed by atoms with Gasteiger partial charge < -0.3 is 11.1 Å². The molecule has 0 aliphatic heterocycles. The van der Waals surface area contributed by atoms with Crippen LogP contribution in [-0.2, 0) is 0 Å². The molecule has 12 heavy (non-hydrogen) atoms. The first-order valence-corrected chi connectivity index (χ1v) is 5.20. The standard InChI is InChI=1S/C10H22N2/c1-3-8-5-4-6-9(7-11)10(8)12-2/h8-10,12H,3-7,11H2,1-2H3. The Morgan fingerprint density at radius 1 is 1.33 bits per heavy atom. The molecular weight excluding hydrogens is 148 g/mol. The molecule has 2 heteroatoms. The second kappa shape index (κ2) is 4.83. The fourth-order valence-electron chi connectivity index (χ4n) is 2.58. The molecule has 0 amide bonds. The van der Waals surface area contributed by atoms with Crippen molar-refractivity contribution in [2.45, 2.75) is 38.6 Å². The van der Waals surface area contributed by atoms with Crippen molar-refractivity contribution < 1.29 is 0 Å². The van der Waals surface area contributed by atoms with Crippen LogP contribution in [0, 0.1) is 11.8 Å². The number of hydrogen-bond acceptors (Lipinski definition) is 2. The van der Waals surface area contributed by atoms with E-state index in [1.807, 2.05) is 0 Å². The van der Waals surface area contributed by atoms with E-state index >= 15 is 0 Å². The van der Waals surface area contributed by atoms with E-state index in [2.05, 4.69) is 19.3 Å². The first-order chi connectivity index (χ1) is 5.83. The quantitative estimate of drug-likeness (QED) is 0.671. The van der Waals surface area contributed by atoms with Gasteiger partial charge in [0.2, 0.25) is 0 Å². The van der Waals surface area contributed by atoms with Gasteiger partial charge in [-0.25, -0.2) is 0 Å². The van der Waals surface area contributed by atoms with Crippen LogP contribution in [0.25, 0.3) is 0 Å². The van der Waals surface area contributed by atoms with Crippen LogP contribution in [0.5, 0.6) is 0 Å². The van der Waals surface area contributed by atoms with Crippen LogP contribution in [0.3, 0.4) is 0 Å². The summed E-state index contributed by atoms with van der Waals surface area (Å²) in [6, 6.07) is 0.675. The van der Waals surface area contributed by atoms with E-state index in [0.29, 0.717) is 12.0 Å². The minimum Gasteiger partial charge on any atom is -0.330 e. The maximum Gasteiger partial charge on any atom is 0.0132 e. The normalized spacial score (nSPS) is 36.8. The van der Waals surface area contributed by atoms with Crippen molar-refractivity contribution in [3.63, 3.8) is 0 Å². The lowest BCUT2D eigenvalue weighted by molar-refractivity contribution is 0.191. The molecule has 3 unspecified atom stereocenters. The van der Waals surface area contributed by atoms with Crippen LogP contribution in [0.15, 0.2) is 0 Å². The number of hydrogen-bond donors (Lipinski definition) is 2. The lowest BCUT2D eigenvalue weighted by Crippen LogP contribution is -2.45. The molecule has 3 N–H and O–H groups in total. The lowest BCUT2D eigenvalue weighted by Gasteiger charge is -2.37. The molecule has 0 saturated heterocycles. The highest BCUT2D eigenvalue weighted by molar-refractivity contribution is 4.86. The maximum atomic E-state index is 5.75. The maximum absolute atomic E-state index is 5.75. The number of nitrogens with two attached hydrogens (primary N) is 1. The van der Waals surface area contributed by atoms with Gasteiger partial charge in [-0.3, -0.25) is 0 Å². The third-order valence-electron chi connectivity index (χ3n) is 3.33. The molecule has 0 bridgehead atoms. The van der Waals surface area contributed by atoms with Gasteiger partial charge in [-0.15, -0.1) is 0 Å². The molecule has 0 aromatic carbocycles. The second-order valence-electron chi connectivity index (χ2n) is 3.91. The van der Waals surface area contributed by atoms with Gasteiger partial charge in [0.25, 0.3) is 0 Å².